The molecule has 0 aromatic carbocycles. The van der Waals surface area contributed by atoms with E-state index in [1.807, 2.05) is 0 Å². The fourth-order valence-corrected chi connectivity index (χ4v) is 0.0772. The number of hydrogen-bond donors (Lipinski definition) is 0. The number of hydrogen-bond acceptors (Lipinski definition) is 2. The standard InChI is InChI=1S/C2H3ClO2/c1-2-4-5-3/h2H,1H2. The van der Waals surface area contributed by atoms with Gasteiger partial charge in [0.15, 0.2) is 0 Å². The Kier molecular flexibility index (Phi) is 3.63. The van der Waals surface area contributed by atoms with Crippen LogP contribution < -0.4 is 0 Å². The lowest BCUT2D eigenvalue weighted by Crippen LogP contribution is -1.62. The van der Waals surface area contributed by atoms with Crippen LogP contribution in [-0.2, 0) is 9.33 Å². The second kappa shape index (κ2) is 3.79. The summed E-state index contributed by atoms with van der Waals surface area (Å²) in [6, 6.07) is 0. The quantitative estimate of drug-likeness (QED) is 0.291. The van der Waals surface area contributed by atoms with Crippen LogP contribution >= 0.6 is 11.9 Å². The van der Waals surface area contributed by atoms with E-state index in [1.165, 1.54) is 0 Å². The zero-order valence-electron chi connectivity index (χ0n) is 2.48. The van der Waals surface area contributed by atoms with Crippen molar-refractivity contribution >= 4 is 11.9 Å². The fourth-order valence-electron chi connectivity index (χ4n) is 0.0257. The molecule has 0 aromatic rings. The second-order valence-corrected chi connectivity index (χ2v) is 0.452. The molecule has 0 rings (SSSR count). The zero-order chi connectivity index (χ0) is 4.12. The highest BCUT2D eigenvalue weighted by molar-refractivity contribution is 6.06. The third-order valence-corrected chi connectivity index (χ3v) is 0.177. The Morgan fingerprint density at radius 3 is 2.40 bits per heavy atom. The monoisotopic (exact) mass is 94.0 g/mol. The van der Waals surface area contributed by atoms with Crippen LogP contribution in [0.25, 0.3) is 0 Å². The molecule has 5 heavy (non-hydrogen) atoms. The second-order valence-electron chi connectivity index (χ2n) is 0.326. The van der Waals surface area contributed by atoms with Gasteiger partial charge in [0.05, 0.1) is 0 Å². The third-order valence-electron chi connectivity index (χ3n) is 0.104. The summed E-state index contributed by atoms with van der Waals surface area (Å²) in [6.45, 7) is 3.12. The molecule has 0 fully saturated rings. The maximum absolute atomic E-state index is 4.51. The normalized spacial score (nSPS) is 6.60. The van der Waals surface area contributed by atoms with Gasteiger partial charge in [0, 0.05) is 0 Å². The Bertz CT molecular complexity index is 28.8. The Hall–Kier alpha value is -0.210. The van der Waals surface area contributed by atoms with Crippen LogP contribution in [0.15, 0.2) is 12.8 Å². The van der Waals surface area contributed by atoms with Crippen LogP contribution in [0.5, 0.6) is 0 Å². The van der Waals surface area contributed by atoms with Gasteiger partial charge in [-0.3, -0.25) is 0 Å². The molecule has 0 amide bonds. The first-order valence-corrected chi connectivity index (χ1v) is 1.27. The molecule has 0 aromatic heterocycles. The van der Waals surface area contributed by atoms with Crippen molar-refractivity contribution in [1.29, 1.82) is 0 Å². The maximum atomic E-state index is 4.51. The van der Waals surface area contributed by atoms with E-state index >= 15 is 0 Å². The summed E-state index contributed by atoms with van der Waals surface area (Å²) in [5, 5.41) is 0. The molecule has 0 atom stereocenters. The van der Waals surface area contributed by atoms with Crippen molar-refractivity contribution in [2.75, 3.05) is 0 Å². The molecule has 0 radical (unpaired) electrons. The van der Waals surface area contributed by atoms with Gasteiger partial charge >= 0.3 is 0 Å². The van der Waals surface area contributed by atoms with Crippen molar-refractivity contribution in [3.05, 3.63) is 12.8 Å². The maximum Gasteiger partial charge on any atom is 0.124 e. The van der Waals surface area contributed by atoms with E-state index in [0.717, 1.165) is 6.26 Å². The molecule has 0 spiro atoms. The Balaban J connectivity index is 2.40. The Morgan fingerprint density at radius 1 is 1.80 bits per heavy atom. The Labute approximate surface area is 35.0 Å². The highest BCUT2D eigenvalue weighted by atomic mass is 35.5. The summed E-state index contributed by atoms with van der Waals surface area (Å²) in [7, 11) is 0. The van der Waals surface area contributed by atoms with Gasteiger partial charge < -0.3 is 4.89 Å². The smallest absolute Gasteiger partial charge is 0.124 e. The van der Waals surface area contributed by atoms with Crippen molar-refractivity contribution in [2.45, 2.75) is 0 Å². The third kappa shape index (κ3) is 3.79. The van der Waals surface area contributed by atoms with Crippen LogP contribution in [0.3, 0.4) is 0 Å². The average Bonchev–Trinajstić information content (AvgIpc) is 1.41. The summed E-state index contributed by atoms with van der Waals surface area (Å²) in [5.74, 6) is 0. The SMILES string of the molecule is C=COOCl. The van der Waals surface area contributed by atoms with Crippen molar-refractivity contribution < 1.29 is 9.33 Å². The van der Waals surface area contributed by atoms with E-state index in [4.69, 9.17) is 0 Å². The molecule has 0 saturated carbocycles. The topological polar surface area (TPSA) is 18.5 Å². The molecular formula is C2H3ClO2. The lowest BCUT2D eigenvalue weighted by atomic mass is 11.2. The van der Waals surface area contributed by atoms with Gasteiger partial charge in [-0.2, -0.15) is 0 Å². The van der Waals surface area contributed by atoms with Gasteiger partial charge in [0.1, 0.15) is 18.1 Å². The van der Waals surface area contributed by atoms with Crippen molar-refractivity contribution in [1.82, 2.24) is 0 Å². The van der Waals surface area contributed by atoms with Gasteiger partial charge in [-0.15, -0.1) is 0 Å². The van der Waals surface area contributed by atoms with Crippen LogP contribution in [0, 0.1) is 0 Å². The minimum atomic E-state index is 1.08. The van der Waals surface area contributed by atoms with E-state index in [9.17, 15) is 0 Å². The summed E-state index contributed by atoms with van der Waals surface area (Å²) < 4.78 is 3.55. The molecule has 30 valence electrons. The van der Waals surface area contributed by atoms with E-state index < -0.39 is 0 Å². The molecule has 0 aliphatic heterocycles. The van der Waals surface area contributed by atoms with E-state index in [-0.39, 0.29) is 0 Å². The molecule has 0 bridgehead atoms. The van der Waals surface area contributed by atoms with Crippen LogP contribution in [0.2, 0.25) is 0 Å². The summed E-state index contributed by atoms with van der Waals surface area (Å²) in [6.07, 6.45) is 1.08. The largest absolute Gasteiger partial charge is 0.328 e. The van der Waals surface area contributed by atoms with Gasteiger partial charge in [-0.05, 0) is 0 Å². The molecular weight excluding hydrogens is 91.5 g/mol. The van der Waals surface area contributed by atoms with Crippen molar-refractivity contribution in [3.8, 4) is 0 Å². The number of rotatable bonds is 2. The summed E-state index contributed by atoms with van der Waals surface area (Å²) >= 11 is 4.51. The number of halogens is 1. The summed E-state index contributed by atoms with van der Waals surface area (Å²) in [4.78, 5) is 3.86. The van der Waals surface area contributed by atoms with E-state index in [2.05, 4.69) is 27.8 Å². The highest BCUT2D eigenvalue weighted by Crippen LogP contribution is 1.78. The zero-order valence-corrected chi connectivity index (χ0v) is 3.23. The minimum absolute atomic E-state index is 1.08. The van der Waals surface area contributed by atoms with Crippen molar-refractivity contribution in [2.24, 2.45) is 0 Å². The predicted molar refractivity (Wildman–Crippen MR) is 18.2 cm³/mol. The van der Waals surface area contributed by atoms with Gasteiger partial charge in [0.25, 0.3) is 0 Å². The predicted octanol–water partition coefficient (Wildman–Crippen LogP) is 1.23. The van der Waals surface area contributed by atoms with E-state index in [1.54, 1.807) is 0 Å². The van der Waals surface area contributed by atoms with Crippen LogP contribution in [0.4, 0.5) is 0 Å². The molecule has 0 saturated heterocycles. The summed E-state index contributed by atoms with van der Waals surface area (Å²) in [5.41, 5.74) is 0. The average molecular weight is 94.5 g/mol. The molecule has 0 N–H and O–H groups in total. The first kappa shape index (κ1) is 4.79. The first-order valence-electron chi connectivity index (χ1n) is 0.965. The molecule has 0 unspecified atom stereocenters. The lowest BCUT2D eigenvalue weighted by molar-refractivity contribution is -0.142. The van der Waals surface area contributed by atoms with Crippen molar-refractivity contribution in [3.63, 3.8) is 0 Å². The molecule has 0 heterocycles. The highest BCUT2D eigenvalue weighted by Gasteiger charge is 1.58. The minimum Gasteiger partial charge on any atom is -0.328 e. The molecule has 2 nitrogen and oxygen atoms in total. The molecule has 0 aliphatic carbocycles. The van der Waals surface area contributed by atoms with Gasteiger partial charge in [0.2, 0.25) is 0 Å². The fraction of sp³-hybridized carbons (Fsp3) is 0. The molecule has 3 heteroatoms. The van der Waals surface area contributed by atoms with Gasteiger partial charge in [-0.1, -0.05) is 11.0 Å². The Morgan fingerprint density at radius 2 is 2.40 bits per heavy atom. The first-order chi connectivity index (χ1) is 2.41. The van der Waals surface area contributed by atoms with Crippen LogP contribution in [0.1, 0.15) is 0 Å². The van der Waals surface area contributed by atoms with Crippen LogP contribution in [-0.4, -0.2) is 0 Å². The van der Waals surface area contributed by atoms with E-state index in [0.29, 0.717) is 0 Å². The van der Waals surface area contributed by atoms with Gasteiger partial charge in [-0.25, -0.2) is 0 Å². The molecule has 0 aliphatic rings. The lowest BCUT2D eigenvalue weighted by Gasteiger charge is -1.79.